The molecule has 0 atom stereocenters. The number of aromatic hydroxyl groups is 1. The molecule has 0 saturated carbocycles. The maximum Gasteiger partial charge on any atom is 0.264 e. The number of carbonyl (C=O) groups is 2. The van der Waals surface area contributed by atoms with Crippen LogP contribution >= 0.6 is 0 Å². The average Bonchev–Trinajstić information content (AvgIpc) is 3.05. The number of aromatic nitrogens is 1. The summed E-state index contributed by atoms with van der Waals surface area (Å²) in [5.74, 6) is -0.368. The Labute approximate surface area is 188 Å². The van der Waals surface area contributed by atoms with E-state index in [0.717, 1.165) is 35.7 Å². The third-order valence-corrected chi connectivity index (χ3v) is 5.26. The van der Waals surface area contributed by atoms with E-state index < -0.39 is 0 Å². The van der Waals surface area contributed by atoms with Crippen molar-refractivity contribution in [3.63, 3.8) is 0 Å². The number of rotatable bonds is 10. The first-order valence-corrected chi connectivity index (χ1v) is 11.1. The van der Waals surface area contributed by atoms with E-state index >= 15 is 0 Å². The van der Waals surface area contributed by atoms with Crippen molar-refractivity contribution in [2.45, 2.75) is 52.5 Å². The lowest BCUT2D eigenvalue weighted by molar-refractivity contribution is -0.118. The molecular weight excluding hydrogens is 404 g/mol. The van der Waals surface area contributed by atoms with Crippen LogP contribution in [0.5, 0.6) is 5.88 Å². The normalized spacial score (nSPS) is 11.3. The summed E-state index contributed by atoms with van der Waals surface area (Å²) < 4.78 is 1.80. The van der Waals surface area contributed by atoms with Gasteiger partial charge >= 0.3 is 0 Å². The van der Waals surface area contributed by atoms with Crippen molar-refractivity contribution in [2.24, 2.45) is 10.2 Å². The SMILES string of the molecule is CCCn1c(O)c(N=NC(=O)CCCCCNC(=O)c2ccccc2)c2cc(C)ccc21. The maximum absolute atomic E-state index is 12.2. The van der Waals surface area contributed by atoms with E-state index in [1.54, 1.807) is 16.7 Å². The Morgan fingerprint density at radius 2 is 1.84 bits per heavy atom. The summed E-state index contributed by atoms with van der Waals surface area (Å²) in [6.07, 6.45) is 3.40. The Kier molecular flexibility index (Phi) is 8.14. The summed E-state index contributed by atoms with van der Waals surface area (Å²) >= 11 is 0. The number of hydrogen-bond donors (Lipinski definition) is 2. The molecule has 2 N–H and O–H groups in total. The molecule has 0 unspecified atom stereocenters. The zero-order valence-corrected chi connectivity index (χ0v) is 18.7. The van der Waals surface area contributed by atoms with Crippen LogP contribution in [-0.2, 0) is 11.3 Å². The highest BCUT2D eigenvalue weighted by Gasteiger charge is 2.16. The number of azo groups is 1. The average molecular weight is 435 g/mol. The smallest absolute Gasteiger partial charge is 0.264 e. The molecule has 0 spiro atoms. The monoisotopic (exact) mass is 434 g/mol. The molecule has 7 nitrogen and oxygen atoms in total. The minimum absolute atomic E-state index is 0.0400. The number of carbonyl (C=O) groups excluding carboxylic acids is 2. The highest BCUT2D eigenvalue weighted by Crippen LogP contribution is 2.39. The highest BCUT2D eigenvalue weighted by molar-refractivity contribution is 5.96. The van der Waals surface area contributed by atoms with Gasteiger partial charge in [-0.3, -0.25) is 9.59 Å². The van der Waals surface area contributed by atoms with Crippen molar-refractivity contribution in [2.75, 3.05) is 6.54 Å². The molecule has 2 amide bonds. The van der Waals surface area contributed by atoms with E-state index in [1.807, 2.05) is 50.2 Å². The van der Waals surface area contributed by atoms with E-state index in [9.17, 15) is 14.7 Å². The molecule has 3 rings (SSSR count). The van der Waals surface area contributed by atoms with Crippen LogP contribution in [0.25, 0.3) is 10.9 Å². The molecule has 7 heteroatoms. The van der Waals surface area contributed by atoms with E-state index in [-0.39, 0.29) is 24.1 Å². The molecule has 168 valence electrons. The first-order valence-electron chi connectivity index (χ1n) is 11.1. The molecule has 0 radical (unpaired) electrons. The van der Waals surface area contributed by atoms with Crippen LogP contribution in [-0.4, -0.2) is 28.0 Å². The van der Waals surface area contributed by atoms with Crippen LogP contribution in [0.4, 0.5) is 5.69 Å². The van der Waals surface area contributed by atoms with Gasteiger partial charge in [-0.05, 0) is 50.5 Å². The Hall–Kier alpha value is -3.48. The van der Waals surface area contributed by atoms with Gasteiger partial charge in [0, 0.05) is 30.5 Å². The van der Waals surface area contributed by atoms with Gasteiger partial charge < -0.3 is 15.0 Å². The van der Waals surface area contributed by atoms with Gasteiger partial charge in [-0.1, -0.05) is 43.2 Å². The zero-order chi connectivity index (χ0) is 22.9. The molecule has 0 aliphatic carbocycles. The van der Waals surface area contributed by atoms with Gasteiger partial charge in [0.2, 0.25) is 5.88 Å². The van der Waals surface area contributed by atoms with Crippen molar-refractivity contribution >= 4 is 28.4 Å². The summed E-state index contributed by atoms with van der Waals surface area (Å²) in [5, 5.41) is 22.2. The van der Waals surface area contributed by atoms with Crippen molar-refractivity contribution in [1.82, 2.24) is 9.88 Å². The molecule has 0 saturated heterocycles. The predicted molar refractivity (Wildman–Crippen MR) is 125 cm³/mol. The van der Waals surface area contributed by atoms with Crippen molar-refractivity contribution in [3.05, 3.63) is 59.7 Å². The summed E-state index contributed by atoms with van der Waals surface area (Å²) in [6.45, 7) is 5.24. The number of benzene rings is 2. The Bertz CT molecular complexity index is 1100. The molecular formula is C25H30N4O3. The lowest BCUT2D eigenvalue weighted by atomic mass is 10.1. The van der Waals surface area contributed by atoms with E-state index in [2.05, 4.69) is 15.5 Å². The standard InChI is InChI=1S/C25H30N4O3/c1-3-16-29-21-14-13-18(2)17-20(21)23(25(29)32)28-27-22(30)12-8-5-9-15-26-24(31)19-10-6-4-7-11-19/h4,6-7,10-11,13-14,17,32H,3,5,8-9,12,15-16H2,1-2H3,(H,26,31). The predicted octanol–water partition coefficient (Wildman–Crippen LogP) is 5.67. The third-order valence-electron chi connectivity index (χ3n) is 5.26. The molecule has 32 heavy (non-hydrogen) atoms. The Morgan fingerprint density at radius 1 is 1.06 bits per heavy atom. The van der Waals surface area contributed by atoms with E-state index in [4.69, 9.17) is 0 Å². The Balaban J connectivity index is 1.48. The van der Waals surface area contributed by atoms with E-state index in [1.165, 1.54) is 0 Å². The van der Waals surface area contributed by atoms with Crippen molar-refractivity contribution < 1.29 is 14.7 Å². The van der Waals surface area contributed by atoms with E-state index in [0.29, 0.717) is 30.8 Å². The highest BCUT2D eigenvalue weighted by atomic mass is 16.3. The summed E-state index contributed by atoms with van der Waals surface area (Å²) in [5.41, 5.74) is 2.91. The fraction of sp³-hybridized carbons (Fsp3) is 0.360. The number of amides is 2. The lowest BCUT2D eigenvalue weighted by Crippen LogP contribution is -2.24. The zero-order valence-electron chi connectivity index (χ0n) is 18.7. The largest absolute Gasteiger partial charge is 0.493 e. The fourth-order valence-corrected chi connectivity index (χ4v) is 3.61. The van der Waals surface area contributed by atoms with Crippen LogP contribution in [0.15, 0.2) is 58.8 Å². The first-order chi connectivity index (χ1) is 15.5. The van der Waals surface area contributed by atoms with Crippen LogP contribution in [0.3, 0.4) is 0 Å². The van der Waals surface area contributed by atoms with Gasteiger partial charge in [0.05, 0.1) is 5.52 Å². The topological polar surface area (TPSA) is 96.0 Å². The maximum atomic E-state index is 12.2. The number of nitrogens with zero attached hydrogens (tertiary/aromatic N) is 3. The molecule has 2 aromatic carbocycles. The van der Waals surface area contributed by atoms with Gasteiger partial charge in [-0.25, -0.2) is 0 Å². The van der Waals surface area contributed by atoms with Crippen LogP contribution in [0.1, 0.15) is 54.9 Å². The number of hydrogen-bond acceptors (Lipinski definition) is 4. The second-order valence-electron chi connectivity index (χ2n) is 7.87. The van der Waals surface area contributed by atoms with Crippen LogP contribution in [0.2, 0.25) is 0 Å². The number of unbranched alkanes of at least 4 members (excludes halogenated alkanes) is 2. The number of nitrogens with one attached hydrogen (secondary N) is 1. The molecule has 0 bridgehead atoms. The van der Waals surface area contributed by atoms with Gasteiger partial charge in [0.25, 0.3) is 11.8 Å². The molecule has 0 aliphatic heterocycles. The quantitative estimate of drug-likeness (QED) is 0.318. The van der Waals surface area contributed by atoms with Crippen LogP contribution < -0.4 is 5.32 Å². The summed E-state index contributed by atoms with van der Waals surface area (Å²) in [7, 11) is 0. The number of fused-ring (bicyclic) bond motifs is 1. The summed E-state index contributed by atoms with van der Waals surface area (Å²) in [4.78, 5) is 24.1. The molecule has 0 fully saturated rings. The lowest BCUT2D eigenvalue weighted by Gasteiger charge is -2.04. The Morgan fingerprint density at radius 3 is 2.59 bits per heavy atom. The molecule has 0 aliphatic rings. The van der Waals surface area contributed by atoms with Crippen LogP contribution in [0, 0.1) is 6.92 Å². The fourth-order valence-electron chi connectivity index (χ4n) is 3.61. The van der Waals surface area contributed by atoms with Gasteiger partial charge in [-0.15, -0.1) is 10.2 Å². The third kappa shape index (κ3) is 5.81. The van der Waals surface area contributed by atoms with Crippen molar-refractivity contribution in [3.8, 4) is 5.88 Å². The molecule has 1 aromatic heterocycles. The molecule has 3 aromatic rings. The minimum atomic E-state index is -0.318. The second-order valence-corrected chi connectivity index (χ2v) is 7.87. The van der Waals surface area contributed by atoms with Gasteiger partial charge in [0.1, 0.15) is 0 Å². The summed E-state index contributed by atoms with van der Waals surface area (Å²) in [6, 6.07) is 15.0. The minimum Gasteiger partial charge on any atom is -0.493 e. The second kappa shape index (κ2) is 11.2. The van der Waals surface area contributed by atoms with Gasteiger partial charge in [-0.2, -0.15) is 0 Å². The first kappa shape index (κ1) is 23.2. The van der Waals surface area contributed by atoms with Gasteiger partial charge in [0.15, 0.2) is 5.69 Å². The van der Waals surface area contributed by atoms with Crippen molar-refractivity contribution in [1.29, 1.82) is 0 Å². The molecule has 1 heterocycles. The number of aryl methyl sites for hydroxylation is 2.